The first kappa shape index (κ1) is 16.9. The Morgan fingerprint density at radius 1 is 0.773 bits per heavy atom. The van der Waals surface area contributed by atoms with Crippen LogP contribution < -0.4 is 0 Å². The zero-order valence-electron chi connectivity index (χ0n) is 14.0. The molecule has 22 heavy (non-hydrogen) atoms. The molecular weight excluding hydrogens is 276 g/mol. The number of amidine groups is 2. The van der Waals surface area contributed by atoms with Gasteiger partial charge >= 0.3 is 0 Å². The quantitative estimate of drug-likeness (QED) is 0.449. The molecule has 0 aromatic heterocycles. The normalized spacial score (nSPS) is 21.5. The Bertz CT molecular complexity index is 369. The fraction of sp³-hybridized carbons (Fsp3) is 0.875. The number of likely N-dealkylation sites (tertiary alicyclic amines) is 2. The molecule has 2 aliphatic rings. The zero-order valence-corrected chi connectivity index (χ0v) is 14.0. The van der Waals surface area contributed by atoms with E-state index in [1.54, 1.807) is 0 Å². The van der Waals surface area contributed by atoms with E-state index in [0.29, 0.717) is 24.8 Å². The number of hydrogen-bond acceptors (Lipinski definition) is 4. The number of nitrogens with one attached hydrogen (secondary N) is 2. The second-order valence-corrected chi connectivity index (χ2v) is 6.61. The lowest BCUT2D eigenvalue weighted by molar-refractivity contribution is 0.471. The number of hydrogen-bond donors (Lipinski definition) is 2. The predicted molar refractivity (Wildman–Crippen MR) is 90.0 cm³/mol. The molecule has 0 spiro atoms. The molecule has 2 saturated heterocycles. The molecule has 2 rings (SSSR count). The molecule has 2 heterocycles. The maximum absolute atomic E-state index is 8.18. The molecule has 0 aromatic carbocycles. The SMILES string of the molecule is CC(CN=NCC(C)C(=N)N1CCCC1)C(=N)N1CCCC1. The minimum absolute atomic E-state index is 0.134. The number of azo groups is 1. The van der Waals surface area contributed by atoms with Crippen LogP contribution in [-0.2, 0) is 0 Å². The Morgan fingerprint density at radius 2 is 1.09 bits per heavy atom. The maximum Gasteiger partial charge on any atom is 0.101 e. The van der Waals surface area contributed by atoms with Crippen LogP contribution >= 0.6 is 0 Å². The molecule has 6 nitrogen and oxygen atoms in total. The first-order valence-corrected chi connectivity index (χ1v) is 8.59. The van der Waals surface area contributed by atoms with Crippen molar-refractivity contribution in [2.75, 3.05) is 39.3 Å². The summed E-state index contributed by atoms with van der Waals surface area (Å²) in [5, 5.41) is 24.9. The molecule has 0 saturated carbocycles. The van der Waals surface area contributed by atoms with Crippen LogP contribution in [0.25, 0.3) is 0 Å². The van der Waals surface area contributed by atoms with Crippen molar-refractivity contribution in [1.29, 1.82) is 10.8 Å². The van der Waals surface area contributed by atoms with Crippen molar-refractivity contribution in [2.45, 2.75) is 39.5 Å². The Kier molecular flexibility index (Phi) is 6.34. The van der Waals surface area contributed by atoms with Gasteiger partial charge in [-0.1, -0.05) is 13.8 Å². The third-order valence-electron chi connectivity index (χ3n) is 4.64. The van der Waals surface area contributed by atoms with Crippen molar-refractivity contribution in [3.8, 4) is 0 Å². The van der Waals surface area contributed by atoms with Crippen molar-refractivity contribution >= 4 is 11.7 Å². The van der Waals surface area contributed by atoms with Crippen LogP contribution in [0.2, 0.25) is 0 Å². The van der Waals surface area contributed by atoms with E-state index in [4.69, 9.17) is 10.8 Å². The first-order valence-electron chi connectivity index (χ1n) is 8.59. The third kappa shape index (κ3) is 4.52. The van der Waals surface area contributed by atoms with Crippen LogP contribution in [0.15, 0.2) is 10.2 Å². The predicted octanol–water partition coefficient (Wildman–Crippen LogP) is 2.86. The molecule has 124 valence electrons. The summed E-state index contributed by atoms with van der Waals surface area (Å²) in [6.07, 6.45) is 4.80. The molecular formula is C16H30N6. The smallest absolute Gasteiger partial charge is 0.101 e. The van der Waals surface area contributed by atoms with Gasteiger partial charge in [0.2, 0.25) is 0 Å². The first-order chi connectivity index (χ1) is 10.6. The lowest BCUT2D eigenvalue weighted by Crippen LogP contribution is -2.33. The lowest BCUT2D eigenvalue weighted by Gasteiger charge is -2.23. The molecule has 2 N–H and O–H groups in total. The fourth-order valence-electron chi connectivity index (χ4n) is 3.07. The molecule has 2 unspecified atom stereocenters. The molecule has 0 amide bonds. The zero-order chi connectivity index (χ0) is 15.9. The summed E-state index contributed by atoms with van der Waals surface area (Å²) in [7, 11) is 0. The van der Waals surface area contributed by atoms with Crippen LogP contribution in [0.5, 0.6) is 0 Å². The molecule has 2 fully saturated rings. The average molecular weight is 306 g/mol. The minimum Gasteiger partial charge on any atom is -0.360 e. The van der Waals surface area contributed by atoms with E-state index in [-0.39, 0.29) is 11.8 Å². The van der Waals surface area contributed by atoms with E-state index < -0.39 is 0 Å². The molecule has 6 heteroatoms. The number of nitrogens with zero attached hydrogens (tertiary/aromatic N) is 4. The van der Waals surface area contributed by atoms with Gasteiger partial charge < -0.3 is 9.80 Å². The molecule has 0 radical (unpaired) electrons. The van der Waals surface area contributed by atoms with E-state index in [9.17, 15) is 0 Å². The second-order valence-electron chi connectivity index (χ2n) is 6.61. The highest BCUT2D eigenvalue weighted by Crippen LogP contribution is 2.14. The summed E-state index contributed by atoms with van der Waals surface area (Å²) in [4.78, 5) is 4.32. The van der Waals surface area contributed by atoms with E-state index >= 15 is 0 Å². The summed E-state index contributed by atoms with van der Waals surface area (Å²) in [6.45, 7) is 9.34. The fourth-order valence-corrected chi connectivity index (χ4v) is 3.07. The van der Waals surface area contributed by atoms with Gasteiger partial charge in [0.15, 0.2) is 0 Å². The highest BCUT2D eigenvalue weighted by atomic mass is 15.2. The average Bonchev–Trinajstić information content (AvgIpc) is 3.22. The summed E-state index contributed by atoms with van der Waals surface area (Å²) in [5.41, 5.74) is 0. The van der Waals surface area contributed by atoms with Crippen LogP contribution in [0, 0.1) is 22.7 Å². The van der Waals surface area contributed by atoms with E-state index in [0.717, 1.165) is 26.2 Å². The van der Waals surface area contributed by atoms with Gasteiger partial charge in [-0.25, -0.2) is 0 Å². The molecule has 0 aliphatic carbocycles. The van der Waals surface area contributed by atoms with Crippen molar-refractivity contribution in [3.05, 3.63) is 0 Å². The van der Waals surface area contributed by atoms with Gasteiger partial charge in [0.1, 0.15) is 11.7 Å². The Balaban J connectivity index is 1.68. The largest absolute Gasteiger partial charge is 0.360 e. The van der Waals surface area contributed by atoms with Gasteiger partial charge in [0.05, 0.1) is 13.1 Å². The van der Waals surface area contributed by atoms with Crippen molar-refractivity contribution in [3.63, 3.8) is 0 Å². The van der Waals surface area contributed by atoms with Gasteiger partial charge in [-0.3, -0.25) is 10.8 Å². The molecule has 2 atom stereocenters. The monoisotopic (exact) mass is 306 g/mol. The molecule has 0 aromatic rings. The highest BCUT2D eigenvalue weighted by Gasteiger charge is 2.21. The van der Waals surface area contributed by atoms with Crippen molar-refractivity contribution in [1.82, 2.24) is 9.80 Å². The van der Waals surface area contributed by atoms with Crippen LogP contribution in [0.3, 0.4) is 0 Å². The summed E-state index contributed by atoms with van der Waals surface area (Å²) >= 11 is 0. The lowest BCUT2D eigenvalue weighted by atomic mass is 10.1. The van der Waals surface area contributed by atoms with E-state index in [1.807, 2.05) is 0 Å². The maximum atomic E-state index is 8.18. The third-order valence-corrected chi connectivity index (χ3v) is 4.64. The standard InChI is InChI=1S/C16H30N6/c1-13(15(17)21-7-3-4-8-21)11-19-20-12-14(2)16(18)22-9-5-6-10-22/h13-14,17-18H,3-12H2,1-2H3. The second kappa shape index (κ2) is 8.25. The highest BCUT2D eigenvalue weighted by molar-refractivity contribution is 5.82. The summed E-state index contributed by atoms with van der Waals surface area (Å²) in [6, 6.07) is 0. The van der Waals surface area contributed by atoms with E-state index in [2.05, 4.69) is 33.9 Å². The summed E-state index contributed by atoms with van der Waals surface area (Å²) in [5.74, 6) is 1.67. The van der Waals surface area contributed by atoms with E-state index in [1.165, 1.54) is 25.7 Å². The summed E-state index contributed by atoms with van der Waals surface area (Å²) < 4.78 is 0. The Hall–Kier alpha value is -1.46. The van der Waals surface area contributed by atoms with Crippen molar-refractivity contribution < 1.29 is 0 Å². The van der Waals surface area contributed by atoms with Gasteiger partial charge in [0, 0.05) is 38.0 Å². The molecule has 2 aliphatic heterocycles. The Labute approximate surface area is 134 Å². The van der Waals surface area contributed by atoms with Gasteiger partial charge in [-0.15, -0.1) is 0 Å². The topological polar surface area (TPSA) is 78.9 Å². The van der Waals surface area contributed by atoms with Crippen LogP contribution in [-0.4, -0.2) is 60.7 Å². The van der Waals surface area contributed by atoms with Gasteiger partial charge in [0.25, 0.3) is 0 Å². The van der Waals surface area contributed by atoms with Crippen molar-refractivity contribution in [2.24, 2.45) is 22.1 Å². The van der Waals surface area contributed by atoms with Crippen LogP contribution in [0.4, 0.5) is 0 Å². The van der Waals surface area contributed by atoms with Gasteiger partial charge in [-0.2, -0.15) is 10.2 Å². The number of rotatable bonds is 6. The Morgan fingerprint density at radius 3 is 1.41 bits per heavy atom. The van der Waals surface area contributed by atoms with Crippen LogP contribution in [0.1, 0.15) is 39.5 Å². The molecule has 0 bridgehead atoms. The van der Waals surface area contributed by atoms with Gasteiger partial charge in [-0.05, 0) is 25.7 Å². The minimum atomic E-state index is 0.134.